The summed E-state index contributed by atoms with van der Waals surface area (Å²) in [6, 6.07) is 17.7. The molecule has 2 atom stereocenters. The third kappa shape index (κ3) is 3.61. The van der Waals surface area contributed by atoms with E-state index in [-0.39, 0.29) is 16.2 Å². The summed E-state index contributed by atoms with van der Waals surface area (Å²) in [5.41, 5.74) is 1.34. The van der Waals surface area contributed by atoms with Crippen LogP contribution in [0.25, 0.3) is 11.0 Å². The van der Waals surface area contributed by atoms with Crippen molar-refractivity contribution >= 4 is 26.7 Å². The van der Waals surface area contributed by atoms with Crippen LogP contribution in [-0.2, 0) is 14.8 Å². The van der Waals surface area contributed by atoms with Gasteiger partial charge in [0.2, 0.25) is 6.29 Å². The summed E-state index contributed by atoms with van der Waals surface area (Å²) in [5.74, 6) is -0.0792. The third-order valence-electron chi connectivity index (χ3n) is 5.82. The number of hydrogen-bond acceptors (Lipinski definition) is 7. The van der Waals surface area contributed by atoms with Gasteiger partial charge in [-0.05, 0) is 36.8 Å². The monoisotopic (exact) mass is 479 g/mol. The number of hydrogen-bond donors (Lipinski definition) is 0. The smallest absolute Gasteiger partial charge is 0.269 e. The highest BCUT2D eigenvalue weighted by atomic mass is 32.2. The van der Waals surface area contributed by atoms with Crippen LogP contribution < -0.4 is 4.74 Å². The molecule has 0 aliphatic carbocycles. The lowest BCUT2D eigenvalue weighted by Crippen LogP contribution is -2.31. The highest BCUT2D eigenvalue weighted by Crippen LogP contribution is 2.47. The molecule has 10 heteroatoms. The predicted octanol–water partition coefficient (Wildman–Crippen LogP) is 4.46. The number of aromatic nitrogens is 2. The predicted molar refractivity (Wildman–Crippen MR) is 124 cm³/mol. The number of nitrogens with zero attached hydrogens (tertiary/aromatic N) is 3. The molecule has 174 valence electrons. The summed E-state index contributed by atoms with van der Waals surface area (Å²) in [6.07, 6.45) is 1.25. The number of rotatable bonds is 6. The van der Waals surface area contributed by atoms with Gasteiger partial charge in [0, 0.05) is 37.3 Å². The molecule has 0 unspecified atom stereocenters. The van der Waals surface area contributed by atoms with Crippen molar-refractivity contribution in [3.8, 4) is 5.75 Å². The van der Waals surface area contributed by atoms with Gasteiger partial charge in [-0.25, -0.2) is 17.4 Å². The number of benzene rings is 2. The molecule has 0 fully saturated rings. The van der Waals surface area contributed by atoms with Gasteiger partial charge in [-0.2, -0.15) is 0 Å². The molecule has 2 aromatic heterocycles. The zero-order valence-corrected chi connectivity index (χ0v) is 19.0. The molecule has 0 saturated carbocycles. The molecule has 3 heterocycles. The maximum atomic E-state index is 13.9. The molecule has 0 saturated heterocycles. The highest BCUT2D eigenvalue weighted by molar-refractivity contribution is 7.90. The van der Waals surface area contributed by atoms with Crippen molar-refractivity contribution in [1.29, 1.82) is 0 Å². The van der Waals surface area contributed by atoms with Gasteiger partial charge in [0.1, 0.15) is 0 Å². The maximum Gasteiger partial charge on any atom is 0.269 e. The summed E-state index contributed by atoms with van der Waals surface area (Å²) in [7, 11) is -4.03. The molecule has 5 rings (SSSR count). The second kappa shape index (κ2) is 8.54. The fraction of sp³-hybridized carbons (Fsp3) is 0.208. The zero-order chi connectivity index (χ0) is 23.9. The van der Waals surface area contributed by atoms with E-state index in [1.165, 1.54) is 34.4 Å². The summed E-state index contributed by atoms with van der Waals surface area (Å²) >= 11 is 0. The van der Waals surface area contributed by atoms with Crippen LogP contribution in [0.1, 0.15) is 30.5 Å². The Kier molecular flexibility index (Phi) is 5.54. The highest BCUT2D eigenvalue weighted by Gasteiger charge is 2.39. The molecule has 0 bridgehead atoms. The molecule has 0 amide bonds. The Bertz CT molecular complexity index is 1470. The zero-order valence-electron chi connectivity index (χ0n) is 18.2. The topological polar surface area (TPSA) is 114 Å². The minimum absolute atomic E-state index is 0.0449. The van der Waals surface area contributed by atoms with Gasteiger partial charge in [-0.15, -0.1) is 0 Å². The van der Waals surface area contributed by atoms with Gasteiger partial charge in [0.25, 0.3) is 15.7 Å². The van der Waals surface area contributed by atoms with Crippen LogP contribution in [0.4, 0.5) is 5.69 Å². The van der Waals surface area contributed by atoms with Gasteiger partial charge in [0.05, 0.1) is 20.9 Å². The van der Waals surface area contributed by atoms with Crippen LogP contribution in [0.3, 0.4) is 0 Å². The fourth-order valence-electron chi connectivity index (χ4n) is 4.34. The van der Waals surface area contributed by atoms with Crippen LogP contribution in [0.15, 0.2) is 77.8 Å². The van der Waals surface area contributed by atoms with E-state index in [4.69, 9.17) is 9.47 Å². The average molecular weight is 480 g/mol. The molecule has 34 heavy (non-hydrogen) atoms. The molecule has 1 aliphatic heterocycles. The van der Waals surface area contributed by atoms with Gasteiger partial charge >= 0.3 is 0 Å². The third-order valence-corrected chi connectivity index (χ3v) is 7.54. The van der Waals surface area contributed by atoms with Crippen molar-refractivity contribution in [1.82, 2.24) is 8.96 Å². The Morgan fingerprint density at radius 2 is 1.85 bits per heavy atom. The van der Waals surface area contributed by atoms with E-state index in [0.717, 1.165) is 0 Å². The normalized spacial score (nSPS) is 17.8. The number of pyridine rings is 1. The summed E-state index contributed by atoms with van der Waals surface area (Å²) < 4.78 is 40.9. The van der Waals surface area contributed by atoms with Crippen molar-refractivity contribution in [3.63, 3.8) is 0 Å². The molecule has 2 aromatic carbocycles. The van der Waals surface area contributed by atoms with Crippen molar-refractivity contribution in [3.05, 3.63) is 94.3 Å². The number of ether oxygens (including phenoxy) is 2. The van der Waals surface area contributed by atoms with Crippen molar-refractivity contribution in [2.45, 2.75) is 30.4 Å². The van der Waals surface area contributed by atoms with E-state index in [9.17, 15) is 18.5 Å². The van der Waals surface area contributed by atoms with Crippen LogP contribution >= 0.6 is 0 Å². The van der Waals surface area contributed by atoms with E-state index in [2.05, 4.69) is 4.98 Å². The molecule has 0 radical (unpaired) electrons. The van der Waals surface area contributed by atoms with Crippen molar-refractivity contribution in [2.24, 2.45) is 0 Å². The van der Waals surface area contributed by atoms with E-state index in [0.29, 0.717) is 35.4 Å². The number of nitro groups is 1. The van der Waals surface area contributed by atoms with Crippen LogP contribution in [0.2, 0.25) is 0 Å². The average Bonchev–Trinajstić information content (AvgIpc) is 3.19. The van der Waals surface area contributed by atoms with Gasteiger partial charge in [-0.1, -0.05) is 30.3 Å². The molecular weight excluding hydrogens is 458 g/mol. The van der Waals surface area contributed by atoms with E-state index in [1.54, 1.807) is 42.5 Å². The maximum absolute atomic E-state index is 13.9. The first kappa shape index (κ1) is 22.1. The summed E-state index contributed by atoms with van der Waals surface area (Å²) in [4.78, 5) is 15.2. The molecule has 0 spiro atoms. The molecule has 0 N–H and O–H groups in total. The standard InChI is InChI=1S/C24H21N3O6S/c1-2-32-21-15-20(16-10-12-17(13-11-16)27(28)29)22-23(33-21)19-9-6-14-25-24(19)26(22)34(30,31)18-7-4-3-5-8-18/h3-14,20-21H,2,15H2,1H3/t20-,21+/m0/s1. The van der Waals surface area contributed by atoms with Crippen molar-refractivity contribution in [2.75, 3.05) is 6.61 Å². The van der Waals surface area contributed by atoms with E-state index >= 15 is 0 Å². The first-order valence-corrected chi connectivity index (χ1v) is 12.2. The fourth-order valence-corrected chi connectivity index (χ4v) is 5.89. The molecule has 9 nitrogen and oxygen atoms in total. The number of non-ortho nitro benzene ring substituents is 1. The first-order valence-electron chi connectivity index (χ1n) is 10.7. The first-order chi connectivity index (χ1) is 16.4. The lowest BCUT2D eigenvalue weighted by atomic mass is 9.90. The Labute approximate surface area is 195 Å². The largest absolute Gasteiger partial charge is 0.462 e. The molecular formula is C24H21N3O6S. The second-order valence-electron chi connectivity index (χ2n) is 7.81. The minimum atomic E-state index is -4.03. The Morgan fingerprint density at radius 1 is 1.12 bits per heavy atom. The van der Waals surface area contributed by atoms with Gasteiger partial charge in [0.15, 0.2) is 11.4 Å². The Morgan fingerprint density at radius 3 is 2.53 bits per heavy atom. The summed E-state index contributed by atoms with van der Waals surface area (Å²) in [5, 5.41) is 11.7. The van der Waals surface area contributed by atoms with Crippen LogP contribution in [0.5, 0.6) is 5.75 Å². The molecule has 1 aliphatic rings. The summed E-state index contributed by atoms with van der Waals surface area (Å²) in [6.45, 7) is 2.26. The number of fused-ring (bicyclic) bond motifs is 3. The van der Waals surface area contributed by atoms with Gasteiger partial charge < -0.3 is 9.47 Å². The lowest BCUT2D eigenvalue weighted by Gasteiger charge is -2.31. The number of nitro benzene ring substituents is 1. The lowest BCUT2D eigenvalue weighted by molar-refractivity contribution is -0.384. The Hall–Kier alpha value is -3.76. The van der Waals surface area contributed by atoms with Crippen LogP contribution in [-0.4, -0.2) is 35.2 Å². The van der Waals surface area contributed by atoms with Gasteiger partial charge in [-0.3, -0.25) is 10.1 Å². The minimum Gasteiger partial charge on any atom is -0.462 e. The Balaban J connectivity index is 1.79. The van der Waals surface area contributed by atoms with E-state index < -0.39 is 27.2 Å². The second-order valence-corrected chi connectivity index (χ2v) is 9.60. The van der Waals surface area contributed by atoms with Crippen LogP contribution in [0, 0.1) is 10.1 Å². The quantitative estimate of drug-likeness (QED) is 0.296. The van der Waals surface area contributed by atoms with Crippen molar-refractivity contribution < 1.29 is 22.8 Å². The SMILES string of the molecule is CCO[C@H]1C[C@@H](c2ccc([N+](=O)[O-])cc2)c2c(c3cccnc3n2S(=O)(=O)c2ccccc2)O1. The van der Waals surface area contributed by atoms with E-state index in [1.807, 2.05) is 6.92 Å². The molecule has 4 aromatic rings.